The molecule has 2 aromatic carbocycles. The van der Waals surface area contributed by atoms with E-state index in [1.165, 1.54) is 12.4 Å². The monoisotopic (exact) mass is 483 g/mol. The lowest BCUT2D eigenvalue weighted by molar-refractivity contribution is -0.129. The molecule has 3 aromatic rings. The molecule has 2 bridgehead atoms. The summed E-state index contributed by atoms with van der Waals surface area (Å²) in [6.07, 6.45) is 1.94. The summed E-state index contributed by atoms with van der Waals surface area (Å²) in [7, 11) is 0. The van der Waals surface area contributed by atoms with Crippen LogP contribution in [0.2, 0.25) is 5.02 Å². The number of phenols is 1. The molecule has 2 heterocycles. The molecule has 4 N–H and O–H groups in total. The van der Waals surface area contributed by atoms with E-state index < -0.39 is 6.04 Å². The van der Waals surface area contributed by atoms with Gasteiger partial charge in [0.1, 0.15) is 18.2 Å². The number of amides is 2. The average Bonchev–Trinajstić information content (AvgIpc) is 2.79. The second kappa shape index (κ2) is 10.1. The van der Waals surface area contributed by atoms with E-state index in [0.29, 0.717) is 46.0 Å². The van der Waals surface area contributed by atoms with E-state index in [1.807, 2.05) is 13.8 Å². The number of hydrogen-bond donors (Lipinski definition) is 4. The number of ether oxygens (including phenoxy) is 1. The van der Waals surface area contributed by atoms with Crippen molar-refractivity contribution in [1.29, 1.82) is 0 Å². The Morgan fingerprint density at radius 2 is 2.00 bits per heavy atom. The van der Waals surface area contributed by atoms with E-state index >= 15 is 0 Å². The number of nitrogens with one attached hydrogen (secondary N) is 3. The van der Waals surface area contributed by atoms with Gasteiger partial charge in [-0.25, -0.2) is 9.97 Å². The Bertz CT molecular complexity index is 1230. The van der Waals surface area contributed by atoms with E-state index in [4.69, 9.17) is 16.3 Å². The molecular weight excluding hydrogens is 458 g/mol. The molecule has 0 spiro atoms. The van der Waals surface area contributed by atoms with Gasteiger partial charge < -0.3 is 25.8 Å². The van der Waals surface area contributed by atoms with Crippen molar-refractivity contribution in [3.63, 3.8) is 0 Å². The number of phenolic OH excluding ortho intramolecular Hbond substituents is 1. The van der Waals surface area contributed by atoms with Crippen LogP contribution in [0.5, 0.6) is 11.5 Å². The summed E-state index contributed by atoms with van der Waals surface area (Å²) in [5.74, 6) is 0.0694. The largest absolute Gasteiger partial charge is 0.504 e. The maximum absolute atomic E-state index is 12.9. The number of aromatic hydroxyl groups is 1. The molecule has 2 amide bonds. The van der Waals surface area contributed by atoms with Gasteiger partial charge in [0.15, 0.2) is 11.5 Å². The first-order chi connectivity index (χ1) is 16.3. The first-order valence-corrected chi connectivity index (χ1v) is 11.4. The van der Waals surface area contributed by atoms with Gasteiger partial charge in [-0.1, -0.05) is 31.5 Å². The van der Waals surface area contributed by atoms with Gasteiger partial charge in [-0.2, -0.15) is 0 Å². The van der Waals surface area contributed by atoms with E-state index in [0.717, 1.165) is 0 Å². The van der Waals surface area contributed by atoms with Crippen LogP contribution in [0, 0.1) is 5.92 Å². The van der Waals surface area contributed by atoms with Gasteiger partial charge in [0, 0.05) is 28.7 Å². The maximum atomic E-state index is 12.9. The van der Waals surface area contributed by atoms with Crippen LogP contribution in [0.3, 0.4) is 0 Å². The number of carbonyl (C=O) groups excluding carboxylic acids is 2. The lowest BCUT2D eigenvalue weighted by Gasteiger charge is -2.22. The molecule has 1 aliphatic heterocycles. The SMILES string of the molecule is CC(C)[C@H]1NC(=O)Cc2ccc(Cl)cc2Nc2ncnc3cc(O)c(cc23)OCCCNC1=O. The fraction of sp³-hybridized carbons (Fsp3) is 0.333. The molecule has 1 atom stereocenters. The predicted molar refractivity (Wildman–Crippen MR) is 130 cm³/mol. The highest BCUT2D eigenvalue weighted by Crippen LogP contribution is 2.35. The number of hydrogen-bond acceptors (Lipinski definition) is 7. The molecule has 10 heteroatoms. The Hall–Kier alpha value is -3.59. The third kappa shape index (κ3) is 5.31. The topological polar surface area (TPSA) is 125 Å². The van der Waals surface area contributed by atoms with Crippen LogP contribution in [-0.2, 0) is 16.0 Å². The van der Waals surface area contributed by atoms with E-state index in [1.54, 1.807) is 24.3 Å². The van der Waals surface area contributed by atoms with Gasteiger partial charge >= 0.3 is 0 Å². The molecule has 4 rings (SSSR count). The summed E-state index contributed by atoms with van der Waals surface area (Å²) < 4.78 is 5.76. The summed E-state index contributed by atoms with van der Waals surface area (Å²) in [6, 6.07) is 7.66. The standard InChI is InChI=1S/C24H26ClN5O4/c1-13(2)22-24(33)26-6-3-7-34-20-10-16-18(11-19(20)31)27-12-28-23(16)29-17-9-15(25)5-4-14(17)8-21(32)30-22/h4-5,9-13,22,31H,3,6-8H2,1-2H3,(H,26,33)(H,30,32)(H,27,28,29)/t22-/m1/s1. The quantitative estimate of drug-likeness (QED) is 0.418. The Labute approximate surface area is 201 Å². The highest BCUT2D eigenvalue weighted by atomic mass is 35.5. The van der Waals surface area contributed by atoms with E-state index in [-0.39, 0.29) is 42.3 Å². The van der Waals surface area contributed by atoms with Crippen molar-refractivity contribution in [3.05, 3.63) is 47.2 Å². The van der Waals surface area contributed by atoms with Gasteiger partial charge in [0.05, 0.1) is 18.5 Å². The van der Waals surface area contributed by atoms with Crippen LogP contribution in [-0.4, -0.2) is 46.1 Å². The second-order valence-electron chi connectivity index (χ2n) is 8.44. The normalized spacial score (nSPS) is 17.4. The molecule has 9 nitrogen and oxygen atoms in total. The van der Waals surface area contributed by atoms with E-state index in [2.05, 4.69) is 25.9 Å². The molecule has 178 valence electrons. The third-order valence-corrected chi connectivity index (χ3v) is 5.77. The third-order valence-electron chi connectivity index (χ3n) is 5.54. The number of rotatable bonds is 1. The summed E-state index contributed by atoms with van der Waals surface area (Å²) in [5.41, 5.74) is 1.79. The van der Waals surface area contributed by atoms with Crippen LogP contribution >= 0.6 is 11.6 Å². The summed E-state index contributed by atoms with van der Waals surface area (Å²) in [6.45, 7) is 4.39. The Morgan fingerprint density at radius 1 is 1.18 bits per heavy atom. The zero-order chi connectivity index (χ0) is 24.2. The zero-order valence-corrected chi connectivity index (χ0v) is 19.6. The van der Waals surface area contributed by atoms with Gasteiger partial charge in [-0.15, -0.1) is 0 Å². The summed E-state index contributed by atoms with van der Waals surface area (Å²) >= 11 is 6.24. The smallest absolute Gasteiger partial charge is 0.242 e. The van der Waals surface area contributed by atoms with Crippen LogP contribution < -0.4 is 20.7 Å². The number of carbonyl (C=O) groups is 2. The van der Waals surface area contributed by atoms with Crippen molar-refractivity contribution in [2.24, 2.45) is 5.92 Å². The maximum Gasteiger partial charge on any atom is 0.242 e. The van der Waals surface area contributed by atoms with Crippen molar-refractivity contribution >= 4 is 45.8 Å². The number of fused-ring (bicyclic) bond motifs is 2. The summed E-state index contributed by atoms with van der Waals surface area (Å²) in [5, 5.41) is 20.4. The van der Waals surface area contributed by atoms with Gasteiger partial charge in [-0.3, -0.25) is 9.59 Å². The predicted octanol–water partition coefficient (Wildman–Crippen LogP) is 3.31. The molecule has 0 fully saturated rings. The average molecular weight is 484 g/mol. The molecule has 0 unspecified atom stereocenters. The lowest BCUT2D eigenvalue weighted by Crippen LogP contribution is -2.50. The van der Waals surface area contributed by atoms with Crippen molar-refractivity contribution in [3.8, 4) is 11.5 Å². The number of halogens is 1. The number of aromatic nitrogens is 2. The first kappa shape index (κ1) is 23.6. The minimum Gasteiger partial charge on any atom is -0.504 e. The van der Waals surface area contributed by atoms with Gasteiger partial charge in [-0.05, 0) is 36.1 Å². The minimum atomic E-state index is -0.673. The van der Waals surface area contributed by atoms with E-state index in [9.17, 15) is 14.7 Å². The van der Waals surface area contributed by atoms with Crippen molar-refractivity contribution < 1.29 is 19.4 Å². The van der Waals surface area contributed by atoms with Crippen LogP contribution in [0.4, 0.5) is 11.5 Å². The van der Waals surface area contributed by atoms with Crippen molar-refractivity contribution in [2.75, 3.05) is 18.5 Å². The fourth-order valence-electron chi connectivity index (χ4n) is 3.74. The molecule has 0 aliphatic carbocycles. The van der Waals surface area contributed by atoms with Crippen LogP contribution in [0.15, 0.2) is 36.7 Å². The van der Waals surface area contributed by atoms with Crippen molar-refractivity contribution in [1.82, 2.24) is 20.6 Å². The minimum absolute atomic E-state index is 0.0359. The van der Waals surface area contributed by atoms with Gasteiger partial charge in [0.25, 0.3) is 0 Å². The highest BCUT2D eigenvalue weighted by molar-refractivity contribution is 6.31. The Kier molecular flexibility index (Phi) is 7.02. The number of anilines is 2. The Morgan fingerprint density at radius 3 is 2.79 bits per heavy atom. The number of nitrogens with zero attached hydrogens (tertiary/aromatic N) is 2. The fourth-order valence-corrected chi connectivity index (χ4v) is 3.91. The molecule has 0 saturated carbocycles. The number of benzene rings is 2. The molecule has 1 aromatic heterocycles. The highest BCUT2D eigenvalue weighted by Gasteiger charge is 2.24. The van der Waals surface area contributed by atoms with Crippen LogP contribution in [0.1, 0.15) is 25.8 Å². The Balaban J connectivity index is 1.76. The molecular formula is C24H26ClN5O4. The zero-order valence-electron chi connectivity index (χ0n) is 18.9. The summed E-state index contributed by atoms with van der Waals surface area (Å²) in [4.78, 5) is 34.2. The van der Waals surface area contributed by atoms with Gasteiger partial charge in [0.2, 0.25) is 11.8 Å². The molecule has 0 saturated heterocycles. The molecule has 0 radical (unpaired) electrons. The molecule has 1 aliphatic rings. The second-order valence-corrected chi connectivity index (χ2v) is 8.88. The lowest BCUT2D eigenvalue weighted by atomic mass is 10.0. The first-order valence-electron chi connectivity index (χ1n) is 11.0. The molecule has 34 heavy (non-hydrogen) atoms. The van der Waals surface area contributed by atoms with Crippen molar-refractivity contribution in [2.45, 2.75) is 32.7 Å². The van der Waals surface area contributed by atoms with Crippen LogP contribution in [0.25, 0.3) is 10.9 Å².